The van der Waals surface area contributed by atoms with Gasteiger partial charge in [-0.15, -0.1) is 5.10 Å². The summed E-state index contributed by atoms with van der Waals surface area (Å²) in [5.41, 5.74) is 3.75. The van der Waals surface area contributed by atoms with Gasteiger partial charge in [-0.1, -0.05) is 18.2 Å². The maximum Gasteiger partial charge on any atom is 0.286 e. The normalized spacial score (nSPS) is 27.5. The second kappa shape index (κ2) is 4.98. The fourth-order valence-electron chi connectivity index (χ4n) is 2.43. The van der Waals surface area contributed by atoms with Gasteiger partial charge in [0.1, 0.15) is 12.2 Å². The lowest BCUT2D eigenvalue weighted by molar-refractivity contribution is -0.118. The predicted molar refractivity (Wildman–Crippen MR) is 81.9 cm³/mol. The number of hydrogen-bond acceptors (Lipinski definition) is 3. The van der Waals surface area contributed by atoms with E-state index in [1.54, 1.807) is 11.8 Å². The molecule has 1 atom stereocenters. The van der Waals surface area contributed by atoms with E-state index in [4.69, 9.17) is 0 Å². The molecule has 0 saturated carbocycles. The SMILES string of the molecule is CC(=O)NN=C1SC(C)(C)C[N+]1(C)c1ccccc1. The van der Waals surface area contributed by atoms with Gasteiger partial charge in [-0.05, 0) is 37.7 Å². The number of nitrogens with zero attached hydrogens (tertiary/aromatic N) is 2. The van der Waals surface area contributed by atoms with E-state index in [9.17, 15) is 4.79 Å². The van der Waals surface area contributed by atoms with Gasteiger partial charge in [-0.25, -0.2) is 9.91 Å². The monoisotopic (exact) mass is 278 g/mol. The highest BCUT2D eigenvalue weighted by molar-refractivity contribution is 8.15. The second-order valence-electron chi connectivity index (χ2n) is 5.61. The van der Waals surface area contributed by atoms with Gasteiger partial charge >= 0.3 is 0 Å². The van der Waals surface area contributed by atoms with Crippen molar-refractivity contribution >= 4 is 28.5 Å². The Hall–Kier alpha value is -1.33. The highest BCUT2D eigenvalue weighted by Crippen LogP contribution is 2.42. The predicted octanol–water partition coefficient (Wildman–Crippen LogP) is 2.56. The first-order chi connectivity index (χ1) is 8.83. The molecule has 0 bridgehead atoms. The third kappa shape index (κ3) is 2.98. The topological polar surface area (TPSA) is 41.5 Å². The fourth-order valence-corrected chi connectivity index (χ4v) is 3.71. The number of rotatable bonds is 2. The van der Waals surface area contributed by atoms with Crippen LogP contribution in [-0.4, -0.2) is 29.4 Å². The van der Waals surface area contributed by atoms with E-state index in [-0.39, 0.29) is 10.7 Å². The number of thioether (sulfide) groups is 1. The van der Waals surface area contributed by atoms with E-state index in [0.717, 1.165) is 11.7 Å². The van der Waals surface area contributed by atoms with Crippen LogP contribution in [0.3, 0.4) is 0 Å². The summed E-state index contributed by atoms with van der Waals surface area (Å²) < 4.78 is 0.723. The summed E-state index contributed by atoms with van der Waals surface area (Å²) in [7, 11) is 2.14. The molecule has 0 aromatic heterocycles. The van der Waals surface area contributed by atoms with Crippen LogP contribution in [0.2, 0.25) is 0 Å². The van der Waals surface area contributed by atoms with E-state index in [2.05, 4.69) is 43.6 Å². The molecular formula is C14H20N3OS+. The van der Waals surface area contributed by atoms with Gasteiger partial charge < -0.3 is 0 Å². The number of para-hydroxylation sites is 1. The summed E-state index contributed by atoms with van der Waals surface area (Å²) in [5.74, 6) is -0.141. The van der Waals surface area contributed by atoms with Crippen LogP contribution in [0, 0.1) is 0 Å². The van der Waals surface area contributed by atoms with Crippen molar-refractivity contribution in [2.45, 2.75) is 25.5 Å². The minimum atomic E-state index is -0.141. The largest absolute Gasteiger partial charge is 0.286 e. The van der Waals surface area contributed by atoms with Crippen LogP contribution in [0.5, 0.6) is 0 Å². The van der Waals surface area contributed by atoms with Crippen LogP contribution < -0.4 is 9.91 Å². The van der Waals surface area contributed by atoms with Gasteiger partial charge in [0.2, 0.25) is 5.91 Å². The lowest BCUT2D eigenvalue weighted by atomic mass is 10.1. The van der Waals surface area contributed by atoms with Crippen molar-refractivity contribution in [1.29, 1.82) is 0 Å². The third-order valence-electron chi connectivity index (χ3n) is 3.12. The highest BCUT2D eigenvalue weighted by atomic mass is 32.2. The Morgan fingerprint density at radius 3 is 2.58 bits per heavy atom. The summed E-state index contributed by atoms with van der Waals surface area (Å²) in [6, 6.07) is 10.3. The number of carbonyl (C=O) groups excluding carboxylic acids is 1. The van der Waals surface area contributed by atoms with Crippen LogP contribution in [0.1, 0.15) is 20.8 Å². The molecule has 0 radical (unpaired) electrons. The Bertz CT molecular complexity index is 513. The molecule has 4 nitrogen and oxygen atoms in total. The van der Waals surface area contributed by atoms with E-state index in [0.29, 0.717) is 4.48 Å². The Balaban J connectivity index is 2.40. The van der Waals surface area contributed by atoms with E-state index < -0.39 is 0 Å². The van der Waals surface area contributed by atoms with Crippen molar-refractivity contribution in [3.63, 3.8) is 0 Å². The number of amidine groups is 1. The summed E-state index contributed by atoms with van der Waals surface area (Å²) in [6.07, 6.45) is 0. The minimum Gasteiger partial charge on any atom is -0.274 e. The molecular weight excluding hydrogens is 258 g/mol. The number of benzene rings is 1. The average molecular weight is 278 g/mol. The molecule has 1 saturated heterocycles. The first kappa shape index (κ1) is 14.1. The van der Waals surface area contributed by atoms with Crippen molar-refractivity contribution in [3.05, 3.63) is 30.3 Å². The van der Waals surface area contributed by atoms with Gasteiger partial charge in [0.05, 0.1) is 11.8 Å². The van der Waals surface area contributed by atoms with Crippen LogP contribution >= 0.6 is 11.8 Å². The van der Waals surface area contributed by atoms with Gasteiger partial charge in [0.15, 0.2) is 0 Å². The van der Waals surface area contributed by atoms with Crippen LogP contribution in [0.15, 0.2) is 35.4 Å². The number of hydrazone groups is 1. The second-order valence-corrected chi connectivity index (χ2v) is 7.28. The zero-order chi connectivity index (χ0) is 14.1. The smallest absolute Gasteiger partial charge is 0.274 e. The molecule has 1 N–H and O–H groups in total. The molecule has 1 aromatic rings. The van der Waals surface area contributed by atoms with Gasteiger partial charge in [0, 0.05) is 6.92 Å². The lowest BCUT2D eigenvalue weighted by Gasteiger charge is -2.28. The fraction of sp³-hybridized carbons (Fsp3) is 0.429. The molecule has 1 aromatic carbocycles. The van der Waals surface area contributed by atoms with E-state index in [1.165, 1.54) is 12.6 Å². The van der Waals surface area contributed by atoms with Gasteiger partial charge in [0.25, 0.3) is 5.17 Å². The van der Waals surface area contributed by atoms with Crippen molar-refractivity contribution < 1.29 is 4.79 Å². The molecule has 1 aliphatic rings. The number of carbonyl (C=O) groups is 1. The highest BCUT2D eigenvalue weighted by Gasteiger charge is 2.49. The Morgan fingerprint density at radius 1 is 1.37 bits per heavy atom. The molecule has 0 spiro atoms. The zero-order valence-corrected chi connectivity index (χ0v) is 12.6. The maximum atomic E-state index is 11.1. The quantitative estimate of drug-likeness (QED) is 0.667. The van der Waals surface area contributed by atoms with Gasteiger partial charge in [-0.3, -0.25) is 4.79 Å². The number of quaternary nitrogens is 1. The maximum absolute atomic E-state index is 11.1. The summed E-state index contributed by atoms with van der Waals surface area (Å²) in [5, 5.41) is 5.22. The number of amides is 1. The lowest BCUT2D eigenvalue weighted by Crippen LogP contribution is -2.48. The third-order valence-corrected chi connectivity index (χ3v) is 4.48. The Labute approximate surface area is 118 Å². The van der Waals surface area contributed by atoms with E-state index in [1.807, 2.05) is 18.2 Å². The first-order valence-electron chi connectivity index (χ1n) is 6.28. The Kier molecular flexibility index (Phi) is 3.69. The molecule has 1 aliphatic heterocycles. The average Bonchev–Trinajstić information content (AvgIpc) is 2.59. The van der Waals surface area contributed by atoms with Crippen molar-refractivity contribution in [2.75, 3.05) is 13.6 Å². The molecule has 1 fully saturated rings. The van der Waals surface area contributed by atoms with Crippen LogP contribution in [-0.2, 0) is 4.79 Å². The van der Waals surface area contributed by atoms with Crippen molar-refractivity contribution in [2.24, 2.45) is 5.10 Å². The summed E-state index contributed by atoms with van der Waals surface area (Å²) >= 11 is 1.72. The molecule has 1 amide bonds. The molecule has 19 heavy (non-hydrogen) atoms. The number of hydrogen-bond donors (Lipinski definition) is 1. The molecule has 5 heteroatoms. The van der Waals surface area contributed by atoms with Crippen molar-refractivity contribution in [3.8, 4) is 0 Å². The molecule has 1 unspecified atom stereocenters. The Morgan fingerprint density at radius 2 is 2.00 bits per heavy atom. The number of nitrogens with one attached hydrogen (secondary N) is 1. The zero-order valence-electron chi connectivity index (χ0n) is 11.8. The van der Waals surface area contributed by atoms with Crippen LogP contribution in [0.25, 0.3) is 0 Å². The minimum absolute atomic E-state index is 0.0991. The molecule has 102 valence electrons. The van der Waals surface area contributed by atoms with Crippen molar-refractivity contribution in [1.82, 2.24) is 9.91 Å². The molecule has 1 heterocycles. The van der Waals surface area contributed by atoms with Crippen LogP contribution in [0.4, 0.5) is 5.69 Å². The van der Waals surface area contributed by atoms with Gasteiger partial charge in [-0.2, -0.15) is 0 Å². The first-order valence-corrected chi connectivity index (χ1v) is 7.10. The molecule has 0 aliphatic carbocycles. The van der Waals surface area contributed by atoms with E-state index >= 15 is 0 Å². The standard InChI is InChI=1S/C14H19N3OS/c1-11(18)15-16-13-17(4,10-14(2,3)19-13)12-8-6-5-7-9-12/h5-9H,10H2,1-4H3/p+1. The summed E-state index contributed by atoms with van der Waals surface area (Å²) in [6.45, 7) is 6.82. The molecule has 2 rings (SSSR count). The summed E-state index contributed by atoms with van der Waals surface area (Å²) in [4.78, 5) is 11.1.